The Kier molecular flexibility index (Phi) is 2.56. The van der Waals surface area contributed by atoms with Crippen LogP contribution in [0.4, 0.5) is 0 Å². The minimum atomic E-state index is -0.164. The third-order valence-electron chi connectivity index (χ3n) is 1.99. The Labute approximate surface area is 92.5 Å². The van der Waals surface area contributed by atoms with Crippen molar-refractivity contribution in [3.8, 4) is 0 Å². The first-order valence-corrected chi connectivity index (χ1v) is 4.87. The van der Waals surface area contributed by atoms with Crippen LogP contribution >= 0.6 is 11.6 Å². The highest BCUT2D eigenvalue weighted by Gasteiger charge is 2.16. The Morgan fingerprint density at radius 1 is 1.33 bits per heavy atom. The molecule has 0 radical (unpaired) electrons. The molecule has 1 heterocycles. The molecule has 0 saturated heterocycles. The highest BCUT2D eigenvalue weighted by Crippen LogP contribution is 2.14. The van der Waals surface area contributed by atoms with Gasteiger partial charge in [0.15, 0.2) is 0 Å². The van der Waals surface area contributed by atoms with Gasteiger partial charge in [0.1, 0.15) is 11.5 Å². The lowest BCUT2D eigenvalue weighted by atomic mass is 10.2. The molecule has 1 aliphatic rings. The summed E-state index contributed by atoms with van der Waals surface area (Å²) in [4.78, 5) is 15.4. The first-order chi connectivity index (χ1) is 7.15. The number of aliphatic imine (C=N–C) groups is 1. The van der Waals surface area contributed by atoms with E-state index in [9.17, 15) is 4.79 Å². The average Bonchev–Trinajstić information content (AvgIpc) is 2.49. The van der Waals surface area contributed by atoms with Gasteiger partial charge in [-0.1, -0.05) is 23.7 Å². The summed E-state index contributed by atoms with van der Waals surface area (Å²) in [6.45, 7) is 1.75. The van der Waals surface area contributed by atoms with Gasteiger partial charge in [-0.15, -0.1) is 0 Å². The number of halogens is 1. The maximum Gasteiger partial charge on any atom is 0.275 e. The summed E-state index contributed by atoms with van der Waals surface area (Å²) in [7, 11) is 0. The number of amides is 1. The smallest absolute Gasteiger partial charge is 0.275 e. The van der Waals surface area contributed by atoms with Gasteiger partial charge in [-0.05, 0) is 30.7 Å². The number of rotatable bonds is 1. The summed E-state index contributed by atoms with van der Waals surface area (Å²) in [5.41, 5.74) is 1.33. The third-order valence-corrected chi connectivity index (χ3v) is 2.24. The van der Waals surface area contributed by atoms with E-state index in [-0.39, 0.29) is 5.91 Å². The van der Waals surface area contributed by atoms with Crippen molar-refractivity contribution in [3.63, 3.8) is 0 Å². The van der Waals surface area contributed by atoms with E-state index in [0.29, 0.717) is 16.6 Å². The van der Waals surface area contributed by atoms with E-state index < -0.39 is 0 Å². The van der Waals surface area contributed by atoms with Crippen LogP contribution in [0.25, 0.3) is 6.08 Å². The number of nitrogens with zero attached hydrogens (tertiary/aromatic N) is 1. The molecular formula is C11H9ClN2O. The largest absolute Gasteiger partial charge is 0.309 e. The predicted molar refractivity (Wildman–Crippen MR) is 60.7 cm³/mol. The summed E-state index contributed by atoms with van der Waals surface area (Å²) in [6, 6.07) is 7.23. The zero-order chi connectivity index (χ0) is 10.8. The molecule has 4 heteroatoms. The van der Waals surface area contributed by atoms with Crippen LogP contribution in [0.5, 0.6) is 0 Å². The fraction of sp³-hybridized carbons (Fsp3) is 0.0909. The molecule has 0 saturated carbocycles. The lowest BCUT2D eigenvalue weighted by Gasteiger charge is -1.94. The van der Waals surface area contributed by atoms with Gasteiger partial charge in [-0.25, -0.2) is 4.99 Å². The van der Waals surface area contributed by atoms with Crippen LogP contribution in [0, 0.1) is 0 Å². The first-order valence-electron chi connectivity index (χ1n) is 4.49. The van der Waals surface area contributed by atoms with Crippen LogP contribution in [0.2, 0.25) is 5.02 Å². The van der Waals surface area contributed by atoms with E-state index in [1.54, 1.807) is 25.1 Å². The molecule has 0 unspecified atom stereocenters. The van der Waals surface area contributed by atoms with Crippen molar-refractivity contribution in [1.82, 2.24) is 5.32 Å². The molecule has 1 aromatic carbocycles. The van der Waals surface area contributed by atoms with Crippen LogP contribution < -0.4 is 5.32 Å². The second-order valence-electron chi connectivity index (χ2n) is 3.23. The number of carbonyl (C=O) groups is 1. The fourth-order valence-corrected chi connectivity index (χ4v) is 1.43. The maximum atomic E-state index is 11.3. The van der Waals surface area contributed by atoms with Crippen LogP contribution in [-0.4, -0.2) is 11.7 Å². The zero-order valence-corrected chi connectivity index (χ0v) is 8.88. The van der Waals surface area contributed by atoms with Gasteiger partial charge in [0.25, 0.3) is 5.91 Å². The molecular weight excluding hydrogens is 212 g/mol. The summed E-state index contributed by atoms with van der Waals surface area (Å²) in [6.07, 6.45) is 1.72. The van der Waals surface area contributed by atoms with Crippen molar-refractivity contribution in [2.45, 2.75) is 6.92 Å². The monoisotopic (exact) mass is 220 g/mol. The summed E-state index contributed by atoms with van der Waals surface area (Å²) in [5.74, 6) is 0.461. The molecule has 15 heavy (non-hydrogen) atoms. The molecule has 0 fully saturated rings. The molecule has 0 spiro atoms. The average molecular weight is 221 g/mol. The van der Waals surface area contributed by atoms with Gasteiger partial charge in [0.2, 0.25) is 0 Å². The summed E-state index contributed by atoms with van der Waals surface area (Å²) >= 11 is 5.75. The molecule has 1 N–H and O–H groups in total. The molecule has 76 valence electrons. The predicted octanol–water partition coefficient (Wildman–Crippen LogP) is 2.23. The Morgan fingerprint density at radius 3 is 2.53 bits per heavy atom. The summed E-state index contributed by atoms with van der Waals surface area (Å²) < 4.78 is 0. The molecule has 0 aliphatic carbocycles. The zero-order valence-electron chi connectivity index (χ0n) is 8.12. The summed E-state index contributed by atoms with van der Waals surface area (Å²) in [5, 5.41) is 3.29. The van der Waals surface area contributed by atoms with Gasteiger partial charge < -0.3 is 5.32 Å². The first kappa shape index (κ1) is 9.93. The highest BCUT2D eigenvalue weighted by atomic mass is 35.5. The number of carbonyl (C=O) groups excluding carboxylic acids is 1. The Hall–Kier alpha value is -1.61. The van der Waals surface area contributed by atoms with Crippen molar-refractivity contribution >= 4 is 29.4 Å². The van der Waals surface area contributed by atoms with Crippen LogP contribution in [0.1, 0.15) is 12.5 Å². The molecule has 0 aromatic heterocycles. The van der Waals surface area contributed by atoms with Crippen LogP contribution in [0.15, 0.2) is 35.0 Å². The Bertz CT molecular complexity index is 460. The van der Waals surface area contributed by atoms with Gasteiger partial charge in [-0.2, -0.15) is 0 Å². The van der Waals surface area contributed by atoms with Crippen LogP contribution in [-0.2, 0) is 4.79 Å². The molecule has 1 amide bonds. The molecule has 1 aromatic rings. The van der Waals surface area contributed by atoms with E-state index in [1.807, 2.05) is 12.1 Å². The van der Waals surface area contributed by atoms with E-state index in [2.05, 4.69) is 10.3 Å². The normalized spacial score (nSPS) is 17.9. The number of hydrogen-bond acceptors (Lipinski definition) is 2. The van der Waals surface area contributed by atoms with Gasteiger partial charge >= 0.3 is 0 Å². The lowest BCUT2D eigenvalue weighted by Crippen LogP contribution is -2.21. The van der Waals surface area contributed by atoms with Crippen molar-refractivity contribution in [2.24, 2.45) is 4.99 Å². The van der Waals surface area contributed by atoms with E-state index in [0.717, 1.165) is 5.56 Å². The van der Waals surface area contributed by atoms with Crippen molar-refractivity contribution in [3.05, 3.63) is 40.5 Å². The fourth-order valence-electron chi connectivity index (χ4n) is 1.30. The van der Waals surface area contributed by atoms with E-state index in [4.69, 9.17) is 11.6 Å². The minimum absolute atomic E-state index is 0.164. The number of benzene rings is 1. The minimum Gasteiger partial charge on any atom is -0.309 e. The van der Waals surface area contributed by atoms with Crippen molar-refractivity contribution in [1.29, 1.82) is 0 Å². The molecule has 0 bridgehead atoms. The molecule has 1 aliphatic heterocycles. The lowest BCUT2D eigenvalue weighted by molar-refractivity contribution is -0.115. The van der Waals surface area contributed by atoms with Crippen LogP contribution in [0.3, 0.4) is 0 Å². The van der Waals surface area contributed by atoms with E-state index >= 15 is 0 Å². The SMILES string of the molecule is CC1=N/C(=C/c2ccc(Cl)cc2)C(=O)N1. The standard InChI is InChI=1S/C11H9ClN2O/c1-7-13-10(11(15)14-7)6-8-2-4-9(12)5-3-8/h2-6H,1H3,(H,13,14,15)/b10-6+. The highest BCUT2D eigenvalue weighted by molar-refractivity contribution is 6.30. The molecule has 2 rings (SSSR count). The molecule has 0 atom stereocenters. The third kappa shape index (κ3) is 2.25. The number of hydrogen-bond donors (Lipinski definition) is 1. The molecule has 3 nitrogen and oxygen atoms in total. The van der Waals surface area contributed by atoms with Crippen molar-refractivity contribution < 1.29 is 4.79 Å². The second-order valence-corrected chi connectivity index (χ2v) is 3.67. The number of amidine groups is 1. The van der Waals surface area contributed by atoms with Crippen molar-refractivity contribution in [2.75, 3.05) is 0 Å². The van der Waals surface area contributed by atoms with Gasteiger partial charge in [0.05, 0.1) is 0 Å². The second kappa shape index (κ2) is 3.87. The quantitative estimate of drug-likeness (QED) is 0.725. The number of nitrogens with one attached hydrogen (secondary N) is 1. The van der Waals surface area contributed by atoms with Gasteiger partial charge in [0, 0.05) is 5.02 Å². The topological polar surface area (TPSA) is 41.5 Å². The van der Waals surface area contributed by atoms with Gasteiger partial charge in [-0.3, -0.25) is 4.79 Å². The maximum absolute atomic E-state index is 11.3. The Balaban J connectivity index is 2.31. The Morgan fingerprint density at radius 2 is 2.00 bits per heavy atom. The van der Waals surface area contributed by atoms with E-state index in [1.165, 1.54) is 0 Å².